The number of carbonyl (C=O) groups is 2. The van der Waals surface area contributed by atoms with Crippen molar-refractivity contribution < 1.29 is 9.59 Å². The van der Waals surface area contributed by atoms with Gasteiger partial charge in [0.15, 0.2) is 0 Å². The monoisotopic (exact) mass is 436 g/mol. The molecule has 0 bridgehead atoms. The number of amides is 2. The number of likely N-dealkylation sites (tertiary alicyclic amines) is 1. The van der Waals surface area contributed by atoms with Gasteiger partial charge in [0.25, 0.3) is 5.91 Å². The summed E-state index contributed by atoms with van der Waals surface area (Å²) in [6.45, 7) is 11.0. The van der Waals surface area contributed by atoms with Crippen LogP contribution in [0.3, 0.4) is 0 Å². The predicted octanol–water partition coefficient (Wildman–Crippen LogP) is 5.31. The van der Waals surface area contributed by atoms with Crippen molar-refractivity contribution in [3.05, 3.63) is 34.9 Å². The van der Waals surface area contributed by atoms with E-state index in [1.807, 2.05) is 33.7 Å². The average molecular weight is 437 g/mol. The summed E-state index contributed by atoms with van der Waals surface area (Å²) in [5, 5.41) is 0.505. The molecule has 2 aliphatic rings. The third kappa shape index (κ3) is 5.29. The molecule has 1 aromatic carbocycles. The molecule has 4 nitrogen and oxygen atoms in total. The maximum Gasteiger partial charge on any atom is 0.256 e. The van der Waals surface area contributed by atoms with Crippen LogP contribution in [-0.4, -0.2) is 51.9 Å². The van der Waals surface area contributed by atoms with Gasteiger partial charge in [0.1, 0.15) is 0 Å². The molecule has 160 valence electrons. The third-order valence-corrected chi connectivity index (χ3v) is 7.79. The Morgan fingerprint density at radius 2 is 1.83 bits per heavy atom. The Morgan fingerprint density at radius 1 is 1.17 bits per heavy atom. The van der Waals surface area contributed by atoms with Crippen molar-refractivity contribution in [1.82, 2.24) is 9.80 Å². The van der Waals surface area contributed by atoms with Gasteiger partial charge in [-0.3, -0.25) is 9.59 Å². The Bertz CT molecular complexity index is 753. The molecular formula is C23H33ClN2O2S. The van der Waals surface area contributed by atoms with Crippen LogP contribution in [-0.2, 0) is 4.79 Å². The van der Waals surface area contributed by atoms with Crippen molar-refractivity contribution in [2.45, 2.75) is 58.2 Å². The first-order valence-electron chi connectivity index (χ1n) is 10.6. The van der Waals surface area contributed by atoms with Crippen molar-refractivity contribution in [3.8, 4) is 0 Å². The molecule has 0 aliphatic carbocycles. The van der Waals surface area contributed by atoms with Gasteiger partial charge < -0.3 is 9.80 Å². The Balaban J connectivity index is 1.62. The molecule has 2 aliphatic heterocycles. The number of halogens is 1. The molecular weight excluding hydrogens is 404 g/mol. The number of hydrogen-bond acceptors (Lipinski definition) is 3. The van der Waals surface area contributed by atoms with Crippen LogP contribution in [0.25, 0.3) is 0 Å². The lowest BCUT2D eigenvalue weighted by atomic mass is 9.84. The first kappa shape index (κ1) is 22.5. The second-order valence-electron chi connectivity index (χ2n) is 9.69. The zero-order chi connectivity index (χ0) is 21.2. The Labute approximate surface area is 184 Å². The fourth-order valence-corrected chi connectivity index (χ4v) is 6.41. The predicted molar refractivity (Wildman–Crippen MR) is 121 cm³/mol. The van der Waals surface area contributed by atoms with E-state index in [0.717, 1.165) is 44.6 Å². The highest BCUT2D eigenvalue weighted by molar-refractivity contribution is 8.00. The molecule has 0 aromatic heterocycles. The first-order valence-corrected chi connectivity index (χ1v) is 12.0. The Hall–Kier alpha value is -1.20. The van der Waals surface area contributed by atoms with Gasteiger partial charge in [-0.25, -0.2) is 0 Å². The van der Waals surface area contributed by atoms with E-state index in [0.29, 0.717) is 22.9 Å². The molecule has 29 heavy (non-hydrogen) atoms. The van der Waals surface area contributed by atoms with E-state index in [2.05, 4.69) is 27.7 Å². The van der Waals surface area contributed by atoms with E-state index >= 15 is 0 Å². The first-order chi connectivity index (χ1) is 13.6. The SMILES string of the molecule is CC(CC(=O)N1CCC2(CC1)SCCN2C(=O)c1ccccc1Cl)CC(C)(C)C. The van der Waals surface area contributed by atoms with Crippen LogP contribution in [0.1, 0.15) is 63.7 Å². The van der Waals surface area contributed by atoms with E-state index in [4.69, 9.17) is 11.6 Å². The van der Waals surface area contributed by atoms with Crippen molar-refractivity contribution in [1.29, 1.82) is 0 Å². The number of nitrogens with zero attached hydrogens (tertiary/aromatic N) is 2. The summed E-state index contributed by atoms with van der Waals surface area (Å²) in [5.74, 6) is 1.59. The topological polar surface area (TPSA) is 40.6 Å². The van der Waals surface area contributed by atoms with Crippen LogP contribution in [0.2, 0.25) is 5.02 Å². The molecule has 0 radical (unpaired) electrons. The highest BCUT2D eigenvalue weighted by Crippen LogP contribution is 2.45. The van der Waals surface area contributed by atoms with Gasteiger partial charge >= 0.3 is 0 Å². The lowest BCUT2D eigenvalue weighted by Crippen LogP contribution is -2.53. The fourth-order valence-electron chi connectivity index (χ4n) is 4.74. The molecule has 3 rings (SSSR count). The molecule has 0 saturated carbocycles. The summed E-state index contributed by atoms with van der Waals surface area (Å²) in [6.07, 6.45) is 3.31. The van der Waals surface area contributed by atoms with Crippen LogP contribution in [0.4, 0.5) is 0 Å². The molecule has 1 atom stereocenters. The minimum absolute atomic E-state index is 0.0131. The highest BCUT2D eigenvalue weighted by Gasteiger charge is 2.47. The molecule has 2 saturated heterocycles. The molecule has 6 heteroatoms. The maximum atomic E-state index is 13.2. The summed E-state index contributed by atoms with van der Waals surface area (Å²) in [7, 11) is 0. The highest BCUT2D eigenvalue weighted by atomic mass is 35.5. The maximum absolute atomic E-state index is 13.2. The van der Waals surface area contributed by atoms with Gasteiger partial charge in [0.2, 0.25) is 5.91 Å². The van der Waals surface area contributed by atoms with Gasteiger partial charge in [-0.05, 0) is 42.7 Å². The molecule has 1 aromatic rings. The van der Waals surface area contributed by atoms with Crippen molar-refractivity contribution in [2.24, 2.45) is 11.3 Å². The van der Waals surface area contributed by atoms with Crippen LogP contribution in [0.15, 0.2) is 24.3 Å². The number of rotatable bonds is 4. The summed E-state index contributed by atoms with van der Waals surface area (Å²) in [5.41, 5.74) is 0.816. The summed E-state index contributed by atoms with van der Waals surface area (Å²) < 4.78 is 0. The zero-order valence-corrected chi connectivity index (χ0v) is 19.6. The molecule has 0 N–H and O–H groups in total. The van der Waals surface area contributed by atoms with E-state index in [1.54, 1.807) is 12.1 Å². The van der Waals surface area contributed by atoms with E-state index in [1.165, 1.54) is 0 Å². The molecule has 2 amide bonds. The lowest BCUT2D eigenvalue weighted by molar-refractivity contribution is -0.133. The molecule has 1 spiro atoms. The second kappa shape index (κ2) is 8.89. The molecule has 1 unspecified atom stereocenters. The van der Waals surface area contributed by atoms with Crippen molar-refractivity contribution in [2.75, 3.05) is 25.4 Å². The number of piperidine rings is 1. The van der Waals surface area contributed by atoms with Crippen LogP contribution in [0, 0.1) is 11.3 Å². The van der Waals surface area contributed by atoms with Gasteiger partial charge in [-0.1, -0.05) is 51.4 Å². The lowest BCUT2D eigenvalue weighted by Gasteiger charge is -2.44. The van der Waals surface area contributed by atoms with Gasteiger partial charge in [-0.15, -0.1) is 11.8 Å². The van der Waals surface area contributed by atoms with E-state index in [-0.39, 0.29) is 22.1 Å². The minimum Gasteiger partial charge on any atom is -0.342 e. The molecule has 2 fully saturated rings. The van der Waals surface area contributed by atoms with Crippen LogP contribution < -0.4 is 0 Å². The minimum atomic E-state index is -0.204. The van der Waals surface area contributed by atoms with E-state index < -0.39 is 0 Å². The van der Waals surface area contributed by atoms with Gasteiger partial charge in [-0.2, -0.15) is 0 Å². The zero-order valence-electron chi connectivity index (χ0n) is 18.0. The second-order valence-corrected chi connectivity index (χ2v) is 11.6. The van der Waals surface area contributed by atoms with E-state index in [9.17, 15) is 9.59 Å². The van der Waals surface area contributed by atoms with Crippen LogP contribution >= 0.6 is 23.4 Å². The van der Waals surface area contributed by atoms with Gasteiger partial charge in [0.05, 0.1) is 15.5 Å². The summed E-state index contributed by atoms with van der Waals surface area (Å²) in [4.78, 5) is 29.8. The normalized spacial score (nSPS) is 20.2. The van der Waals surface area contributed by atoms with Crippen molar-refractivity contribution in [3.63, 3.8) is 0 Å². The summed E-state index contributed by atoms with van der Waals surface area (Å²) in [6, 6.07) is 7.27. The van der Waals surface area contributed by atoms with Crippen LogP contribution in [0.5, 0.6) is 0 Å². The Kier molecular flexibility index (Phi) is 6.89. The Morgan fingerprint density at radius 3 is 2.45 bits per heavy atom. The quantitative estimate of drug-likeness (QED) is 0.642. The number of carbonyl (C=O) groups excluding carboxylic acids is 2. The third-order valence-electron chi connectivity index (χ3n) is 5.91. The standard InChI is InChI=1S/C23H33ClN2O2S/c1-17(16-22(2,3)4)15-20(27)25-11-9-23(10-12-25)26(13-14-29-23)21(28)18-7-5-6-8-19(18)24/h5-8,17H,9-16H2,1-4H3. The number of benzene rings is 1. The fraction of sp³-hybridized carbons (Fsp3) is 0.652. The largest absolute Gasteiger partial charge is 0.342 e. The van der Waals surface area contributed by atoms with Crippen molar-refractivity contribution >= 4 is 35.2 Å². The average Bonchev–Trinajstić information content (AvgIpc) is 3.03. The number of thioether (sulfide) groups is 1. The smallest absolute Gasteiger partial charge is 0.256 e. The van der Waals surface area contributed by atoms with Gasteiger partial charge in [0, 0.05) is 31.8 Å². The summed E-state index contributed by atoms with van der Waals surface area (Å²) >= 11 is 8.14. The number of hydrogen-bond donors (Lipinski definition) is 0. The molecule has 2 heterocycles.